The zero-order valence-electron chi connectivity index (χ0n) is 16.2. The van der Waals surface area contributed by atoms with Gasteiger partial charge in [-0.3, -0.25) is 4.79 Å². The second-order valence-corrected chi connectivity index (χ2v) is 7.63. The summed E-state index contributed by atoms with van der Waals surface area (Å²) >= 11 is 5.98. The van der Waals surface area contributed by atoms with Gasteiger partial charge in [-0.25, -0.2) is 4.79 Å². The molecular formula is C19H19ClF3N3O4. The van der Waals surface area contributed by atoms with E-state index in [1.807, 2.05) is 13.8 Å². The summed E-state index contributed by atoms with van der Waals surface area (Å²) in [6, 6.07) is 2.58. The van der Waals surface area contributed by atoms with Gasteiger partial charge in [0.25, 0.3) is 11.8 Å². The van der Waals surface area contributed by atoms with Crippen LogP contribution in [0.1, 0.15) is 41.1 Å². The van der Waals surface area contributed by atoms with Crippen LogP contribution < -0.4 is 10.1 Å². The topological polar surface area (TPSA) is 84.7 Å². The number of ether oxygens (including phenoxy) is 1. The van der Waals surface area contributed by atoms with E-state index in [1.54, 1.807) is 0 Å². The zero-order valence-corrected chi connectivity index (χ0v) is 16.9. The van der Waals surface area contributed by atoms with Crippen LogP contribution in [-0.4, -0.2) is 35.1 Å². The lowest BCUT2D eigenvalue weighted by molar-refractivity contribution is -0.137. The molecule has 162 valence electrons. The first-order chi connectivity index (χ1) is 14.1. The number of hydrogen-bond donors (Lipinski definition) is 1. The first-order valence-electron chi connectivity index (χ1n) is 9.15. The minimum atomic E-state index is -4.60. The largest absolute Gasteiger partial charge is 0.416 e. The Morgan fingerprint density at radius 1 is 1.37 bits per heavy atom. The van der Waals surface area contributed by atoms with Gasteiger partial charge in [-0.15, -0.1) is 0 Å². The van der Waals surface area contributed by atoms with Gasteiger partial charge in [-0.05, 0) is 29.3 Å². The average molecular weight is 446 g/mol. The van der Waals surface area contributed by atoms with Crippen molar-refractivity contribution in [3.8, 4) is 5.88 Å². The third kappa shape index (κ3) is 4.86. The van der Waals surface area contributed by atoms with Gasteiger partial charge < -0.3 is 19.5 Å². The summed E-state index contributed by atoms with van der Waals surface area (Å²) in [4.78, 5) is 26.0. The summed E-state index contributed by atoms with van der Waals surface area (Å²) < 4.78 is 49.3. The van der Waals surface area contributed by atoms with Crippen molar-refractivity contribution in [2.24, 2.45) is 5.92 Å². The number of hydrogen-bond acceptors (Lipinski definition) is 5. The fourth-order valence-corrected chi connectivity index (χ4v) is 3.08. The molecule has 2 aromatic rings. The van der Waals surface area contributed by atoms with E-state index in [0.29, 0.717) is 17.9 Å². The number of benzene rings is 1. The van der Waals surface area contributed by atoms with Crippen molar-refractivity contribution in [3.63, 3.8) is 0 Å². The van der Waals surface area contributed by atoms with Crippen LogP contribution in [-0.2, 0) is 19.1 Å². The molecule has 1 aliphatic heterocycles. The quantitative estimate of drug-likeness (QED) is 0.759. The molecule has 11 heteroatoms. The van der Waals surface area contributed by atoms with Gasteiger partial charge in [0.15, 0.2) is 0 Å². The number of nitrogens with zero attached hydrogens (tertiary/aromatic N) is 2. The van der Waals surface area contributed by atoms with Crippen molar-refractivity contribution in [1.29, 1.82) is 0 Å². The molecule has 2 amide bonds. The van der Waals surface area contributed by atoms with Crippen molar-refractivity contribution < 1.29 is 32.0 Å². The van der Waals surface area contributed by atoms with Crippen LogP contribution in [0.5, 0.6) is 5.88 Å². The van der Waals surface area contributed by atoms with Crippen molar-refractivity contribution in [2.45, 2.75) is 33.0 Å². The molecule has 7 nitrogen and oxygen atoms in total. The third-order valence-corrected chi connectivity index (χ3v) is 4.78. The molecule has 2 heterocycles. The third-order valence-electron chi connectivity index (χ3n) is 4.45. The molecule has 1 aliphatic rings. The highest BCUT2D eigenvalue weighted by Crippen LogP contribution is 2.33. The maximum absolute atomic E-state index is 13.0. The fraction of sp³-hybridized carbons (Fsp3) is 0.421. The van der Waals surface area contributed by atoms with E-state index in [0.717, 1.165) is 18.2 Å². The highest BCUT2D eigenvalue weighted by molar-refractivity contribution is 6.33. The van der Waals surface area contributed by atoms with Crippen LogP contribution in [0.15, 0.2) is 22.7 Å². The molecule has 0 saturated heterocycles. The van der Waals surface area contributed by atoms with Crippen LogP contribution in [0, 0.1) is 5.92 Å². The minimum absolute atomic E-state index is 0.0446. The number of carbonyl (C=O) groups is 2. The van der Waals surface area contributed by atoms with E-state index in [2.05, 4.69) is 10.5 Å². The maximum Gasteiger partial charge on any atom is 0.416 e. The van der Waals surface area contributed by atoms with Gasteiger partial charge >= 0.3 is 12.3 Å². The number of halogens is 4. The Bertz CT molecular complexity index is 959. The molecule has 0 unspecified atom stereocenters. The smallest absolute Gasteiger partial charge is 0.387 e. The SMILES string of the molecule is CC(C)CNC(=O)Oc1noc2c1CN(C(=O)c1cc(C(F)(F)F)ccc1Cl)CC2. The lowest BCUT2D eigenvalue weighted by atomic mass is 10.1. The standard InChI is InChI=1S/C19H19ClF3N3O4/c1-10(2)8-24-18(28)29-16-13-9-26(6-5-15(13)30-25-16)17(27)12-7-11(19(21,22)23)3-4-14(12)20/h3-4,7,10H,5-6,8-9H2,1-2H3,(H,24,28). The summed E-state index contributed by atoms with van der Waals surface area (Å²) in [5.74, 6) is -0.0954. The molecule has 0 spiro atoms. The molecule has 0 atom stereocenters. The Morgan fingerprint density at radius 2 is 2.10 bits per heavy atom. The lowest BCUT2D eigenvalue weighted by Crippen LogP contribution is -2.36. The molecule has 1 aromatic carbocycles. The molecule has 1 N–H and O–H groups in total. The van der Waals surface area contributed by atoms with Crippen LogP contribution in [0.3, 0.4) is 0 Å². The van der Waals surface area contributed by atoms with Crippen molar-refractivity contribution in [1.82, 2.24) is 15.4 Å². The van der Waals surface area contributed by atoms with Crippen molar-refractivity contribution in [2.75, 3.05) is 13.1 Å². The molecule has 0 aliphatic carbocycles. The molecule has 0 radical (unpaired) electrons. The normalized spacial score (nSPS) is 13.9. The van der Waals surface area contributed by atoms with Crippen molar-refractivity contribution >= 4 is 23.6 Å². The number of carbonyl (C=O) groups excluding carboxylic acids is 2. The average Bonchev–Trinajstić information content (AvgIpc) is 3.07. The van der Waals surface area contributed by atoms with E-state index >= 15 is 0 Å². The predicted octanol–water partition coefficient (Wildman–Crippen LogP) is 4.29. The monoisotopic (exact) mass is 445 g/mol. The maximum atomic E-state index is 13.0. The van der Waals surface area contributed by atoms with Gasteiger partial charge in [0.2, 0.25) is 0 Å². The van der Waals surface area contributed by atoms with Gasteiger partial charge in [-0.1, -0.05) is 25.4 Å². The molecule has 0 saturated carbocycles. The van der Waals surface area contributed by atoms with Gasteiger partial charge in [0.05, 0.1) is 28.3 Å². The number of nitrogens with one attached hydrogen (secondary N) is 1. The summed E-state index contributed by atoms with van der Waals surface area (Å²) in [6.07, 6.45) is -5.06. The van der Waals surface area contributed by atoms with E-state index in [-0.39, 0.29) is 41.9 Å². The highest BCUT2D eigenvalue weighted by atomic mass is 35.5. The minimum Gasteiger partial charge on any atom is -0.387 e. The Morgan fingerprint density at radius 3 is 2.77 bits per heavy atom. The van der Waals surface area contributed by atoms with Crippen LogP contribution in [0.25, 0.3) is 0 Å². The first kappa shape index (κ1) is 21.9. The summed E-state index contributed by atoms with van der Waals surface area (Å²) in [7, 11) is 0. The molecule has 0 bridgehead atoms. The second-order valence-electron chi connectivity index (χ2n) is 7.22. The van der Waals surface area contributed by atoms with Gasteiger partial charge in [-0.2, -0.15) is 13.2 Å². The van der Waals surface area contributed by atoms with E-state index in [1.165, 1.54) is 4.90 Å². The van der Waals surface area contributed by atoms with Gasteiger partial charge in [0.1, 0.15) is 5.76 Å². The lowest BCUT2D eigenvalue weighted by Gasteiger charge is -2.26. The molecule has 3 rings (SSSR count). The van der Waals surface area contributed by atoms with Crippen LogP contribution in [0.4, 0.5) is 18.0 Å². The van der Waals surface area contributed by atoms with E-state index in [9.17, 15) is 22.8 Å². The number of alkyl halides is 3. The first-order valence-corrected chi connectivity index (χ1v) is 9.53. The summed E-state index contributed by atoms with van der Waals surface area (Å²) in [5.41, 5.74) is -0.843. The number of fused-ring (bicyclic) bond motifs is 1. The molecule has 0 fully saturated rings. The zero-order chi connectivity index (χ0) is 22.1. The highest BCUT2D eigenvalue weighted by Gasteiger charge is 2.34. The van der Waals surface area contributed by atoms with Crippen molar-refractivity contribution in [3.05, 3.63) is 45.7 Å². The van der Waals surface area contributed by atoms with Gasteiger partial charge in [0, 0.05) is 19.5 Å². The molecule has 1 aromatic heterocycles. The number of amides is 2. The Kier molecular flexibility index (Phi) is 6.25. The Hall–Kier alpha value is -2.75. The van der Waals surface area contributed by atoms with E-state index < -0.39 is 23.7 Å². The van der Waals surface area contributed by atoms with Crippen LogP contribution >= 0.6 is 11.6 Å². The Balaban J connectivity index is 1.77. The summed E-state index contributed by atoms with van der Waals surface area (Å²) in [6.45, 7) is 4.38. The molecule has 30 heavy (non-hydrogen) atoms. The number of aromatic nitrogens is 1. The predicted molar refractivity (Wildman–Crippen MR) is 100 cm³/mol. The summed E-state index contributed by atoms with van der Waals surface area (Å²) in [5, 5.41) is 6.20. The fourth-order valence-electron chi connectivity index (χ4n) is 2.89. The number of rotatable bonds is 4. The van der Waals surface area contributed by atoms with Crippen LogP contribution in [0.2, 0.25) is 5.02 Å². The molecular weight excluding hydrogens is 427 g/mol. The Labute approximate surface area is 175 Å². The van der Waals surface area contributed by atoms with E-state index in [4.69, 9.17) is 20.9 Å². The second kappa shape index (κ2) is 8.55.